The summed E-state index contributed by atoms with van der Waals surface area (Å²) in [5.41, 5.74) is 1.36. The molecule has 3 aromatic rings. The molecule has 0 aliphatic heterocycles. The Morgan fingerprint density at radius 3 is 2.59 bits per heavy atom. The van der Waals surface area contributed by atoms with Gasteiger partial charge in [-0.2, -0.15) is 0 Å². The van der Waals surface area contributed by atoms with E-state index in [1.165, 1.54) is 31.4 Å². The quantitative estimate of drug-likeness (QED) is 0.556. The van der Waals surface area contributed by atoms with Gasteiger partial charge in [0.05, 0.1) is 22.2 Å². The number of nitrogens with zero attached hydrogens (tertiary/aromatic N) is 1. The SMILES string of the molecule is COc1ccc(NS(=O)(=O)c2cccc(C(=O)Nc3ncccc3C)c2)cc1Br. The number of carbonyl (C=O) groups is 1. The Bertz CT molecular complexity index is 1170. The Labute approximate surface area is 177 Å². The third kappa shape index (κ3) is 4.93. The van der Waals surface area contributed by atoms with Crippen molar-refractivity contribution in [2.24, 2.45) is 0 Å². The van der Waals surface area contributed by atoms with Crippen LogP contribution >= 0.6 is 15.9 Å². The third-order valence-corrected chi connectivity index (χ3v) is 6.05. The standard InChI is InChI=1S/C20H18BrN3O4S/c1-13-5-4-10-22-19(13)23-20(25)14-6-3-7-16(11-14)29(26,27)24-15-8-9-18(28-2)17(21)12-15/h3-12,24H,1-2H3,(H,22,23,25). The van der Waals surface area contributed by atoms with Gasteiger partial charge in [0, 0.05) is 11.8 Å². The van der Waals surface area contributed by atoms with Crippen LogP contribution in [0, 0.1) is 6.92 Å². The van der Waals surface area contributed by atoms with Gasteiger partial charge < -0.3 is 10.1 Å². The van der Waals surface area contributed by atoms with Crippen LogP contribution in [0.4, 0.5) is 11.5 Å². The Kier molecular flexibility index (Phi) is 6.19. The van der Waals surface area contributed by atoms with Gasteiger partial charge in [-0.1, -0.05) is 12.1 Å². The van der Waals surface area contributed by atoms with E-state index in [1.54, 1.807) is 30.5 Å². The van der Waals surface area contributed by atoms with Crippen LogP contribution in [-0.4, -0.2) is 26.4 Å². The van der Waals surface area contributed by atoms with Crippen molar-refractivity contribution in [1.29, 1.82) is 0 Å². The lowest BCUT2D eigenvalue weighted by atomic mass is 10.2. The summed E-state index contributed by atoms with van der Waals surface area (Å²) in [4.78, 5) is 16.6. The van der Waals surface area contributed by atoms with Crippen molar-refractivity contribution >= 4 is 43.4 Å². The number of carbonyl (C=O) groups excluding carboxylic acids is 1. The summed E-state index contributed by atoms with van der Waals surface area (Å²) in [6.07, 6.45) is 1.57. The Hall–Kier alpha value is -2.91. The largest absolute Gasteiger partial charge is 0.496 e. The van der Waals surface area contributed by atoms with Gasteiger partial charge in [-0.25, -0.2) is 13.4 Å². The molecule has 29 heavy (non-hydrogen) atoms. The number of sulfonamides is 1. The minimum absolute atomic E-state index is 0.0326. The van der Waals surface area contributed by atoms with E-state index in [4.69, 9.17) is 4.74 Å². The molecule has 9 heteroatoms. The molecular formula is C20H18BrN3O4S. The Balaban J connectivity index is 1.83. The molecule has 0 spiro atoms. The van der Waals surface area contributed by atoms with Crippen LogP contribution in [0.3, 0.4) is 0 Å². The lowest BCUT2D eigenvalue weighted by molar-refractivity contribution is 0.102. The van der Waals surface area contributed by atoms with Crippen LogP contribution in [0.5, 0.6) is 5.75 Å². The number of halogens is 1. The van der Waals surface area contributed by atoms with Crippen LogP contribution in [0.1, 0.15) is 15.9 Å². The van der Waals surface area contributed by atoms with Crippen molar-refractivity contribution in [3.05, 3.63) is 76.4 Å². The topological polar surface area (TPSA) is 97.4 Å². The summed E-state index contributed by atoms with van der Waals surface area (Å²) in [6.45, 7) is 1.82. The van der Waals surface area contributed by atoms with E-state index in [2.05, 4.69) is 31.0 Å². The number of amides is 1. The third-order valence-electron chi connectivity index (χ3n) is 4.05. The number of hydrogen-bond acceptors (Lipinski definition) is 5. The maximum atomic E-state index is 12.8. The second kappa shape index (κ2) is 8.62. The predicted octanol–water partition coefficient (Wildman–Crippen LogP) is 4.21. The molecule has 1 heterocycles. The van der Waals surface area contributed by atoms with Crippen molar-refractivity contribution in [2.45, 2.75) is 11.8 Å². The zero-order chi connectivity index (χ0) is 21.0. The van der Waals surface area contributed by atoms with E-state index in [1.807, 2.05) is 13.0 Å². The number of pyridine rings is 1. The minimum Gasteiger partial charge on any atom is -0.496 e. The average molecular weight is 476 g/mol. The molecule has 1 aromatic heterocycles. The molecule has 0 unspecified atom stereocenters. The second-order valence-corrected chi connectivity index (χ2v) is 8.64. The first-order chi connectivity index (χ1) is 13.8. The molecule has 1 amide bonds. The molecule has 0 saturated heterocycles. The van der Waals surface area contributed by atoms with Gasteiger partial charge in [0.2, 0.25) is 0 Å². The Morgan fingerprint density at radius 2 is 1.90 bits per heavy atom. The van der Waals surface area contributed by atoms with Gasteiger partial charge in [0.1, 0.15) is 11.6 Å². The fraction of sp³-hybridized carbons (Fsp3) is 0.100. The molecule has 0 saturated carbocycles. The van der Waals surface area contributed by atoms with E-state index in [9.17, 15) is 13.2 Å². The zero-order valence-corrected chi connectivity index (χ0v) is 18.0. The van der Waals surface area contributed by atoms with Crippen LogP contribution in [-0.2, 0) is 10.0 Å². The molecule has 3 rings (SSSR count). The molecular weight excluding hydrogens is 458 g/mol. The molecule has 7 nitrogen and oxygen atoms in total. The number of benzene rings is 2. The fourth-order valence-electron chi connectivity index (χ4n) is 2.54. The van der Waals surface area contributed by atoms with E-state index < -0.39 is 15.9 Å². The molecule has 0 aliphatic carbocycles. The van der Waals surface area contributed by atoms with Gasteiger partial charge in [-0.3, -0.25) is 9.52 Å². The van der Waals surface area contributed by atoms with Gasteiger partial charge in [0.25, 0.3) is 15.9 Å². The number of aromatic nitrogens is 1. The van der Waals surface area contributed by atoms with Crippen LogP contribution in [0.15, 0.2) is 70.2 Å². The monoisotopic (exact) mass is 475 g/mol. The lowest BCUT2D eigenvalue weighted by Crippen LogP contribution is -2.16. The maximum Gasteiger partial charge on any atom is 0.261 e. The predicted molar refractivity (Wildman–Crippen MR) is 115 cm³/mol. The fourth-order valence-corrected chi connectivity index (χ4v) is 4.18. The minimum atomic E-state index is -3.89. The Morgan fingerprint density at radius 1 is 1.10 bits per heavy atom. The number of anilines is 2. The summed E-state index contributed by atoms with van der Waals surface area (Å²) in [6, 6.07) is 14.2. The highest BCUT2D eigenvalue weighted by molar-refractivity contribution is 9.10. The van der Waals surface area contributed by atoms with Gasteiger partial charge in [-0.15, -0.1) is 0 Å². The highest BCUT2D eigenvalue weighted by atomic mass is 79.9. The normalized spacial score (nSPS) is 11.0. The highest BCUT2D eigenvalue weighted by Gasteiger charge is 2.18. The molecule has 2 N–H and O–H groups in total. The summed E-state index contributed by atoms with van der Waals surface area (Å²) < 4.78 is 33.8. The number of methoxy groups -OCH3 is 1. The first-order valence-corrected chi connectivity index (χ1v) is 10.8. The highest BCUT2D eigenvalue weighted by Crippen LogP contribution is 2.29. The van der Waals surface area contributed by atoms with Gasteiger partial charge in [-0.05, 0) is 70.9 Å². The van der Waals surface area contributed by atoms with Crippen molar-refractivity contribution in [1.82, 2.24) is 4.98 Å². The molecule has 0 atom stereocenters. The van der Waals surface area contributed by atoms with Gasteiger partial charge in [0.15, 0.2) is 0 Å². The summed E-state index contributed by atoms with van der Waals surface area (Å²) >= 11 is 3.32. The zero-order valence-electron chi connectivity index (χ0n) is 15.6. The van der Waals surface area contributed by atoms with Crippen molar-refractivity contribution < 1.29 is 17.9 Å². The van der Waals surface area contributed by atoms with E-state index in [-0.39, 0.29) is 10.5 Å². The van der Waals surface area contributed by atoms with E-state index >= 15 is 0 Å². The van der Waals surface area contributed by atoms with E-state index in [0.29, 0.717) is 21.7 Å². The first-order valence-electron chi connectivity index (χ1n) is 8.49. The van der Waals surface area contributed by atoms with Crippen LogP contribution < -0.4 is 14.8 Å². The number of hydrogen-bond donors (Lipinski definition) is 2. The molecule has 0 fully saturated rings. The molecule has 0 radical (unpaired) electrons. The van der Waals surface area contributed by atoms with Crippen molar-refractivity contribution in [3.63, 3.8) is 0 Å². The van der Waals surface area contributed by atoms with Crippen molar-refractivity contribution in [3.8, 4) is 5.75 Å². The molecule has 150 valence electrons. The number of ether oxygens (including phenoxy) is 1. The average Bonchev–Trinajstić information content (AvgIpc) is 2.69. The number of rotatable bonds is 6. The molecule has 0 aliphatic rings. The van der Waals surface area contributed by atoms with Gasteiger partial charge >= 0.3 is 0 Å². The van der Waals surface area contributed by atoms with E-state index in [0.717, 1.165) is 5.56 Å². The summed E-state index contributed by atoms with van der Waals surface area (Å²) in [7, 11) is -2.37. The van der Waals surface area contributed by atoms with Crippen molar-refractivity contribution in [2.75, 3.05) is 17.1 Å². The number of aryl methyl sites for hydroxylation is 1. The number of nitrogens with one attached hydrogen (secondary N) is 2. The lowest BCUT2D eigenvalue weighted by Gasteiger charge is -2.11. The van der Waals surface area contributed by atoms with Crippen LogP contribution in [0.2, 0.25) is 0 Å². The van der Waals surface area contributed by atoms with Crippen LogP contribution in [0.25, 0.3) is 0 Å². The molecule has 2 aromatic carbocycles. The smallest absolute Gasteiger partial charge is 0.261 e. The first kappa shape index (κ1) is 20.8. The maximum absolute atomic E-state index is 12.8. The summed E-state index contributed by atoms with van der Waals surface area (Å²) in [5, 5.41) is 2.69. The second-order valence-electron chi connectivity index (χ2n) is 6.11. The molecule has 0 bridgehead atoms. The summed E-state index contributed by atoms with van der Waals surface area (Å²) in [5.74, 6) is 0.555.